The van der Waals surface area contributed by atoms with Crippen LogP contribution < -0.4 is 0 Å². The highest BCUT2D eigenvalue weighted by atomic mass is 15.3. The van der Waals surface area contributed by atoms with Crippen molar-refractivity contribution in [3.63, 3.8) is 0 Å². The highest BCUT2D eigenvalue weighted by Gasteiger charge is 2.52. The summed E-state index contributed by atoms with van der Waals surface area (Å²) in [7, 11) is 0. The van der Waals surface area contributed by atoms with E-state index < -0.39 is 0 Å². The molecule has 4 heterocycles. The SMILES string of the molecule is CCC(C)N1CCCC12CN1CCC2CC1. The van der Waals surface area contributed by atoms with E-state index in [4.69, 9.17) is 0 Å². The van der Waals surface area contributed by atoms with Crippen LogP contribution in [0.25, 0.3) is 0 Å². The maximum atomic E-state index is 2.88. The summed E-state index contributed by atoms with van der Waals surface area (Å²) in [4.78, 5) is 5.60. The summed E-state index contributed by atoms with van der Waals surface area (Å²) in [5.74, 6) is 1.01. The summed E-state index contributed by atoms with van der Waals surface area (Å²) in [5.41, 5.74) is 0.589. The lowest BCUT2D eigenvalue weighted by Crippen LogP contribution is -2.65. The maximum absolute atomic E-state index is 2.88. The lowest BCUT2D eigenvalue weighted by molar-refractivity contribution is -0.0654. The van der Waals surface area contributed by atoms with E-state index in [2.05, 4.69) is 23.6 Å². The normalized spacial score (nSPS) is 45.4. The van der Waals surface area contributed by atoms with Gasteiger partial charge in [0.15, 0.2) is 0 Å². The van der Waals surface area contributed by atoms with Gasteiger partial charge in [0.1, 0.15) is 0 Å². The van der Waals surface area contributed by atoms with Crippen molar-refractivity contribution in [3.8, 4) is 0 Å². The first-order valence-electron chi connectivity index (χ1n) is 7.25. The third-order valence-electron chi connectivity index (χ3n) is 5.55. The molecule has 0 aromatic rings. The van der Waals surface area contributed by atoms with Crippen LogP contribution in [0.4, 0.5) is 0 Å². The first kappa shape index (κ1) is 11.0. The summed E-state index contributed by atoms with van der Waals surface area (Å²) in [5, 5.41) is 0. The predicted octanol–water partition coefficient (Wildman–Crippen LogP) is 2.35. The van der Waals surface area contributed by atoms with E-state index in [-0.39, 0.29) is 0 Å². The Morgan fingerprint density at radius 2 is 2.00 bits per heavy atom. The van der Waals surface area contributed by atoms with Crippen molar-refractivity contribution < 1.29 is 0 Å². The monoisotopic (exact) mass is 222 g/mol. The molecule has 16 heavy (non-hydrogen) atoms. The molecule has 4 rings (SSSR count). The third-order valence-corrected chi connectivity index (χ3v) is 5.55. The Morgan fingerprint density at radius 3 is 2.56 bits per heavy atom. The standard InChI is InChI=1S/C14H26N2/c1-3-12(2)16-8-4-7-14(16)11-15-9-5-13(14)6-10-15/h12-13H,3-11H2,1-2H3. The molecule has 4 saturated heterocycles. The van der Waals surface area contributed by atoms with Crippen molar-refractivity contribution in [2.45, 2.75) is 57.5 Å². The second-order valence-electron chi connectivity index (χ2n) is 6.21. The molecule has 2 atom stereocenters. The van der Waals surface area contributed by atoms with Crippen LogP contribution >= 0.6 is 0 Å². The van der Waals surface area contributed by atoms with Crippen molar-refractivity contribution in [2.75, 3.05) is 26.2 Å². The van der Waals surface area contributed by atoms with Gasteiger partial charge < -0.3 is 4.90 Å². The fourth-order valence-electron chi connectivity index (χ4n) is 4.55. The first-order chi connectivity index (χ1) is 7.76. The number of rotatable bonds is 2. The zero-order chi connectivity index (χ0) is 11.2. The quantitative estimate of drug-likeness (QED) is 0.707. The topological polar surface area (TPSA) is 6.48 Å². The lowest BCUT2D eigenvalue weighted by Gasteiger charge is -2.57. The van der Waals surface area contributed by atoms with Crippen molar-refractivity contribution in [2.24, 2.45) is 5.92 Å². The molecule has 2 unspecified atom stereocenters. The van der Waals surface area contributed by atoms with E-state index in [0.29, 0.717) is 5.54 Å². The second kappa shape index (κ2) is 3.99. The van der Waals surface area contributed by atoms with Gasteiger partial charge in [0, 0.05) is 18.1 Å². The third kappa shape index (κ3) is 1.46. The number of likely N-dealkylation sites (tertiary alicyclic amines) is 1. The Kier molecular flexibility index (Phi) is 2.75. The zero-order valence-electron chi connectivity index (χ0n) is 10.9. The van der Waals surface area contributed by atoms with Gasteiger partial charge in [-0.25, -0.2) is 0 Å². The molecule has 2 nitrogen and oxygen atoms in total. The van der Waals surface area contributed by atoms with Crippen LogP contribution in [-0.4, -0.2) is 47.6 Å². The number of nitrogens with zero attached hydrogens (tertiary/aromatic N) is 2. The highest BCUT2D eigenvalue weighted by Crippen LogP contribution is 2.46. The molecule has 0 N–H and O–H groups in total. The van der Waals surface area contributed by atoms with E-state index in [1.165, 1.54) is 58.3 Å². The number of hydrogen-bond donors (Lipinski definition) is 0. The van der Waals surface area contributed by atoms with Gasteiger partial charge in [-0.15, -0.1) is 0 Å². The van der Waals surface area contributed by atoms with Gasteiger partial charge in [0.05, 0.1) is 0 Å². The van der Waals surface area contributed by atoms with E-state index in [9.17, 15) is 0 Å². The van der Waals surface area contributed by atoms with Crippen LogP contribution in [0.1, 0.15) is 46.0 Å². The van der Waals surface area contributed by atoms with E-state index in [0.717, 1.165) is 12.0 Å². The van der Waals surface area contributed by atoms with Crippen LogP contribution in [0.2, 0.25) is 0 Å². The number of hydrogen-bond acceptors (Lipinski definition) is 2. The molecule has 4 aliphatic rings. The molecular weight excluding hydrogens is 196 g/mol. The summed E-state index contributed by atoms with van der Waals surface area (Å²) in [6, 6.07) is 0.794. The fourth-order valence-corrected chi connectivity index (χ4v) is 4.55. The molecular formula is C14H26N2. The van der Waals surface area contributed by atoms with Crippen LogP contribution in [0.15, 0.2) is 0 Å². The summed E-state index contributed by atoms with van der Waals surface area (Å²) >= 11 is 0. The molecule has 0 amide bonds. The fraction of sp³-hybridized carbons (Fsp3) is 1.00. The molecule has 0 radical (unpaired) electrons. The van der Waals surface area contributed by atoms with Crippen molar-refractivity contribution in [1.82, 2.24) is 9.80 Å². The van der Waals surface area contributed by atoms with Crippen LogP contribution in [0.5, 0.6) is 0 Å². The van der Waals surface area contributed by atoms with Crippen molar-refractivity contribution >= 4 is 0 Å². The Morgan fingerprint density at radius 1 is 1.25 bits per heavy atom. The van der Waals surface area contributed by atoms with Gasteiger partial charge in [-0.2, -0.15) is 0 Å². The minimum absolute atomic E-state index is 0.589. The van der Waals surface area contributed by atoms with Crippen LogP contribution in [0, 0.1) is 5.92 Å². The van der Waals surface area contributed by atoms with E-state index in [1.54, 1.807) is 0 Å². The maximum Gasteiger partial charge on any atom is 0.0368 e. The molecule has 0 aliphatic carbocycles. The first-order valence-corrected chi connectivity index (χ1v) is 7.25. The lowest BCUT2D eigenvalue weighted by atomic mass is 9.71. The average Bonchev–Trinajstić information content (AvgIpc) is 2.73. The van der Waals surface area contributed by atoms with E-state index >= 15 is 0 Å². The Bertz CT molecular complexity index is 257. The smallest absolute Gasteiger partial charge is 0.0368 e. The molecule has 4 aliphatic heterocycles. The molecule has 0 aromatic heterocycles. The average molecular weight is 222 g/mol. The Labute approximate surface area is 100.0 Å². The zero-order valence-corrected chi connectivity index (χ0v) is 10.9. The molecule has 2 heteroatoms. The van der Waals surface area contributed by atoms with Gasteiger partial charge >= 0.3 is 0 Å². The van der Waals surface area contributed by atoms with Gasteiger partial charge in [0.25, 0.3) is 0 Å². The summed E-state index contributed by atoms with van der Waals surface area (Å²) in [6.07, 6.45) is 7.15. The molecule has 92 valence electrons. The summed E-state index contributed by atoms with van der Waals surface area (Å²) in [6.45, 7) is 10.3. The Hall–Kier alpha value is -0.0800. The molecule has 2 bridgehead atoms. The number of piperidine rings is 3. The Balaban J connectivity index is 1.85. The highest BCUT2D eigenvalue weighted by molar-refractivity contribution is 5.08. The summed E-state index contributed by atoms with van der Waals surface area (Å²) < 4.78 is 0. The molecule has 0 aromatic carbocycles. The number of fused-ring (bicyclic) bond motifs is 2. The van der Waals surface area contributed by atoms with Gasteiger partial charge in [-0.1, -0.05) is 6.92 Å². The van der Waals surface area contributed by atoms with E-state index in [1.807, 2.05) is 0 Å². The van der Waals surface area contributed by atoms with Crippen molar-refractivity contribution in [3.05, 3.63) is 0 Å². The predicted molar refractivity (Wildman–Crippen MR) is 67.6 cm³/mol. The molecule has 4 fully saturated rings. The molecule has 0 saturated carbocycles. The minimum atomic E-state index is 0.589. The van der Waals surface area contributed by atoms with Crippen LogP contribution in [-0.2, 0) is 0 Å². The minimum Gasteiger partial charge on any atom is -0.301 e. The van der Waals surface area contributed by atoms with Crippen LogP contribution in [0.3, 0.4) is 0 Å². The van der Waals surface area contributed by atoms with Gasteiger partial charge in [-0.05, 0) is 64.6 Å². The van der Waals surface area contributed by atoms with Gasteiger partial charge in [-0.3, -0.25) is 4.90 Å². The molecule has 1 spiro atoms. The largest absolute Gasteiger partial charge is 0.301 e. The van der Waals surface area contributed by atoms with Gasteiger partial charge in [0.2, 0.25) is 0 Å². The second-order valence-corrected chi connectivity index (χ2v) is 6.21. The van der Waals surface area contributed by atoms with Crippen molar-refractivity contribution in [1.29, 1.82) is 0 Å².